The third-order valence-electron chi connectivity index (χ3n) is 1.69. The molecular weight excluding hydrogens is 342 g/mol. The molecule has 0 saturated carbocycles. The van der Waals surface area contributed by atoms with E-state index >= 15 is 0 Å². The van der Waals surface area contributed by atoms with Crippen LogP contribution in [-0.4, -0.2) is 4.98 Å². The molecule has 0 aliphatic rings. The van der Waals surface area contributed by atoms with E-state index in [-0.39, 0.29) is 0 Å². The van der Waals surface area contributed by atoms with Crippen molar-refractivity contribution in [2.75, 3.05) is 0 Å². The molecule has 2 aromatic rings. The van der Waals surface area contributed by atoms with Crippen LogP contribution in [0.4, 0.5) is 0 Å². The van der Waals surface area contributed by atoms with Crippen molar-refractivity contribution in [2.24, 2.45) is 0 Å². The summed E-state index contributed by atoms with van der Waals surface area (Å²) in [7, 11) is 0. The van der Waals surface area contributed by atoms with Crippen LogP contribution in [0.15, 0.2) is 38.9 Å². The van der Waals surface area contributed by atoms with Gasteiger partial charge in [0.15, 0.2) is 0 Å². The average molecular weight is 349 g/mol. The third kappa shape index (κ3) is 3.29. The summed E-state index contributed by atoms with van der Waals surface area (Å²) < 4.78 is 7.63. The van der Waals surface area contributed by atoms with Crippen molar-refractivity contribution in [1.29, 1.82) is 0 Å². The number of halogens is 2. The van der Waals surface area contributed by atoms with Gasteiger partial charge in [-0.15, -0.1) is 11.3 Å². The van der Waals surface area contributed by atoms with Gasteiger partial charge in [0.2, 0.25) is 0 Å². The SMILES string of the molecule is Brc1cncc(OCc2ccc(Br)s2)c1. The maximum absolute atomic E-state index is 5.58. The zero-order chi connectivity index (χ0) is 10.7. The van der Waals surface area contributed by atoms with Gasteiger partial charge >= 0.3 is 0 Å². The first-order valence-corrected chi connectivity index (χ1v) is 6.62. The molecule has 0 fully saturated rings. The first kappa shape index (κ1) is 11.1. The summed E-state index contributed by atoms with van der Waals surface area (Å²) in [6.07, 6.45) is 3.43. The lowest BCUT2D eigenvalue weighted by molar-refractivity contribution is 0.308. The van der Waals surface area contributed by atoms with Gasteiger partial charge in [-0.1, -0.05) is 0 Å². The Balaban J connectivity index is 1.99. The van der Waals surface area contributed by atoms with E-state index in [0.29, 0.717) is 6.61 Å². The Morgan fingerprint density at radius 2 is 2.13 bits per heavy atom. The average Bonchev–Trinajstić information content (AvgIpc) is 2.62. The second kappa shape index (κ2) is 5.09. The molecule has 0 bridgehead atoms. The zero-order valence-corrected chi connectivity index (χ0v) is 11.6. The molecular formula is C10H7Br2NOS. The van der Waals surface area contributed by atoms with Gasteiger partial charge in [0, 0.05) is 15.5 Å². The van der Waals surface area contributed by atoms with Crippen LogP contribution in [0.5, 0.6) is 5.75 Å². The molecule has 0 unspecified atom stereocenters. The van der Waals surface area contributed by atoms with Gasteiger partial charge in [-0.2, -0.15) is 0 Å². The summed E-state index contributed by atoms with van der Waals surface area (Å²) in [5, 5.41) is 0. The molecule has 2 aromatic heterocycles. The lowest BCUT2D eigenvalue weighted by atomic mass is 10.4. The largest absolute Gasteiger partial charge is 0.486 e. The molecule has 0 atom stereocenters. The van der Waals surface area contributed by atoms with Crippen LogP contribution in [0.25, 0.3) is 0 Å². The van der Waals surface area contributed by atoms with Crippen molar-refractivity contribution in [3.8, 4) is 5.75 Å². The molecule has 0 aliphatic heterocycles. The normalized spacial score (nSPS) is 10.3. The number of hydrogen-bond acceptors (Lipinski definition) is 3. The molecule has 5 heteroatoms. The van der Waals surface area contributed by atoms with Gasteiger partial charge in [0.1, 0.15) is 12.4 Å². The highest BCUT2D eigenvalue weighted by Crippen LogP contribution is 2.24. The number of thiophene rings is 1. The Kier molecular flexibility index (Phi) is 3.77. The minimum absolute atomic E-state index is 0.578. The fourth-order valence-electron chi connectivity index (χ4n) is 1.06. The van der Waals surface area contributed by atoms with Crippen molar-refractivity contribution in [2.45, 2.75) is 6.61 Å². The first-order valence-electron chi connectivity index (χ1n) is 4.21. The van der Waals surface area contributed by atoms with Crippen LogP contribution in [0.1, 0.15) is 4.88 Å². The Labute approximate surface area is 109 Å². The summed E-state index contributed by atoms with van der Waals surface area (Å²) >= 11 is 8.43. The van der Waals surface area contributed by atoms with Crippen molar-refractivity contribution in [3.05, 3.63) is 43.7 Å². The van der Waals surface area contributed by atoms with Crippen molar-refractivity contribution in [3.63, 3.8) is 0 Å². The van der Waals surface area contributed by atoms with Crippen molar-refractivity contribution >= 4 is 43.2 Å². The number of nitrogens with zero attached hydrogens (tertiary/aromatic N) is 1. The van der Waals surface area contributed by atoms with Crippen LogP contribution in [-0.2, 0) is 6.61 Å². The highest BCUT2D eigenvalue weighted by Gasteiger charge is 2.00. The first-order chi connectivity index (χ1) is 7.24. The zero-order valence-electron chi connectivity index (χ0n) is 7.61. The fraction of sp³-hybridized carbons (Fsp3) is 0.100. The van der Waals surface area contributed by atoms with Gasteiger partial charge < -0.3 is 4.74 Å². The molecule has 0 aromatic carbocycles. The topological polar surface area (TPSA) is 22.1 Å². The molecule has 0 radical (unpaired) electrons. The van der Waals surface area contributed by atoms with Crippen LogP contribution >= 0.6 is 43.2 Å². The van der Waals surface area contributed by atoms with E-state index in [2.05, 4.69) is 36.8 Å². The second-order valence-corrected chi connectivity index (χ2v) is 6.30. The molecule has 0 amide bonds. The van der Waals surface area contributed by atoms with E-state index < -0.39 is 0 Å². The number of rotatable bonds is 3. The number of aromatic nitrogens is 1. The second-order valence-electron chi connectivity index (χ2n) is 2.83. The summed E-state index contributed by atoms with van der Waals surface area (Å²) in [6, 6.07) is 5.96. The maximum Gasteiger partial charge on any atom is 0.139 e. The van der Waals surface area contributed by atoms with Gasteiger partial charge in [-0.25, -0.2) is 0 Å². The van der Waals surface area contributed by atoms with Gasteiger partial charge in [0.25, 0.3) is 0 Å². The quantitative estimate of drug-likeness (QED) is 0.827. The molecule has 0 saturated heterocycles. The molecule has 2 heterocycles. The third-order valence-corrected chi connectivity index (χ3v) is 3.72. The number of ether oxygens (including phenoxy) is 1. The lowest BCUT2D eigenvalue weighted by Gasteiger charge is -2.03. The van der Waals surface area contributed by atoms with Crippen molar-refractivity contribution < 1.29 is 4.74 Å². The molecule has 2 nitrogen and oxygen atoms in total. The van der Waals surface area contributed by atoms with Crippen LogP contribution in [0.2, 0.25) is 0 Å². The van der Waals surface area contributed by atoms with E-state index in [1.165, 1.54) is 4.88 Å². The summed E-state index contributed by atoms with van der Waals surface area (Å²) in [6.45, 7) is 0.578. The maximum atomic E-state index is 5.58. The fourth-order valence-corrected chi connectivity index (χ4v) is 2.80. The van der Waals surface area contributed by atoms with E-state index in [1.807, 2.05) is 18.2 Å². The Morgan fingerprint density at radius 3 is 2.80 bits per heavy atom. The predicted octanol–water partition coefficient (Wildman–Crippen LogP) is 4.25. The monoisotopic (exact) mass is 347 g/mol. The predicted molar refractivity (Wildman–Crippen MR) is 68.3 cm³/mol. The van der Waals surface area contributed by atoms with Crippen LogP contribution in [0.3, 0.4) is 0 Å². The standard InChI is InChI=1S/C10H7Br2NOS/c11-7-3-8(5-13-4-7)14-6-9-1-2-10(12)15-9/h1-5H,6H2. The molecule has 15 heavy (non-hydrogen) atoms. The molecule has 0 N–H and O–H groups in total. The Morgan fingerprint density at radius 1 is 1.27 bits per heavy atom. The van der Waals surface area contributed by atoms with Gasteiger partial charge in [0.05, 0.1) is 9.98 Å². The minimum atomic E-state index is 0.578. The molecule has 0 spiro atoms. The van der Waals surface area contributed by atoms with E-state index in [1.54, 1.807) is 23.7 Å². The minimum Gasteiger partial charge on any atom is -0.486 e. The summed E-state index contributed by atoms with van der Waals surface area (Å²) in [5.41, 5.74) is 0. The van der Waals surface area contributed by atoms with E-state index in [4.69, 9.17) is 4.74 Å². The van der Waals surface area contributed by atoms with Crippen LogP contribution < -0.4 is 4.74 Å². The number of hydrogen-bond donors (Lipinski definition) is 0. The van der Waals surface area contributed by atoms with Crippen molar-refractivity contribution in [1.82, 2.24) is 4.98 Å². The van der Waals surface area contributed by atoms with Gasteiger partial charge in [-0.3, -0.25) is 4.98 Å². The van der Waals surface area contributed by atoms with E-state index in [9.17, 15) is 0 Å². The molecule has 0 aliphatic carbocycles. The Bertz CT molecular complexity index is 458. The van der Waals surface area contributed by atoms with Crippen LogP contribution in [0, 0.1) is 0 Å². The number of pyridine rings is 1. The van der Waals surface area contributed by atoms with E-state index in [0.717, 1.165) is 14.0 Å². The summed E-state index contributed by atoms with van der Waals surface area (Å²) in [5.74, 6) is 0.772. The molecule has 2 rings (SSSR count). The highest BCUT2D eigenvalue weighted by atomic mass is 79.9. The molecule has 78 valence electrons. The van der Waals surface area contributed by atoms with Gasteiger partial charge in [-0.05, 0) is 50.1 Å². The Hall–Kier alpha value is -0.390. The lowest BCUT2D eigenvalue weighted by Crippen LogP contribution is -1.92. The highest BCUT2D eigenvalue weighted by molar-refractivity contribution is 9.11. The summed E-state index contributed by atoms with van der Waals surface area (Å²) in [4.78, 5) is 5.21. The smallest absolute Gasteiger partial charge is 0.139 e.